The Morgan fingerprint density at radius 2 is 1.94 bits per heavy atom. The van der Waals surface area contributed by atoms with Gasteiger partial charge in [-0.3, -0.25) is 9.59 Å². The van der Waals surface area contributed by atoms with Gasteiger partial charge in [0.2, 0.25) is 11.8 Å². The lowest BCUT2D eigenvalue weighted by molar-refractivity contribution is -0.137. The number of likely N-dealkylation sites (tertiary alicyclic amines) is 1. The number of nitrogens with zero attached hydrogens (tertiary/aromatic N) is 2. The van der Waals surface area contributed by atoms with E-state index in [1.807, 2.05) is 19.1 Å². The van der Waals surface area contributed by atoms with Crippen LogP contribution in [0, 0.1) is 16.7 Å². The molecular weight excluding hydrogens is 399 g/mol. The summed E-state index contributed by atoms with van der Waals surface area (Å²) in [6.45, 7) is 2.00. The number of rotatable bonds is 5. The van der Waals surface area contributed by atoms with Gasteiger partial charge in [0, 0.05) is 17.7 Å². The number of carbonyl (C=O) groups excluding carboxylic acids is 2. The maximum absolute atomic E-state index is 13.5. The quantitative estimate of drug-likeness (QED) is 0.617. The normalized spacial score (nSPS) is 39.5. The molecule has 4 fully saturated rings. The molecule has 3 saturated carbocycles. The van der Waals surface area contributed by atoms with Crippen molar-refractivity contribution in [3.8, 4) is 6.07 Å². The van der Waals surface area contributed by atoms with Crippen molar-refractivity contribution in [2.24, 2.45) is 5.41 Å². The summed E-state index contributed by atoms with van der Waals surface area (Å²) >= 11 is 0. The average molecular weight is 433 g/mol. The zero-order valence-corrected chi connectivity index (χ0v) is 18.3. The highest BCUT2D eigenvalue weighted by Crippen LogP contribution is 2.47. The fraction of sp³-hybridized carbons (Fsp3) is 0.783. The van der Waals surface area contributed by atoms with Crippen molar-refractivity contribution < 1.29 is 19.1 Å². The lowest BCUT2D eigenvalue weighted by Gasteiger charge is -2.52. The molecule has 2 bridgehead atoms. The van der Waals surface area contributed by atoms with Gasteiger partial charge in [0.1, 0.15) is 12.2 Å². The van der Waals surface area contributed by atoms with Crippen molar-refractivity contribution >= 4 is 11.8 Å². The molecule has 2 amide bonds. The molecule has 0 aromatic rings. The molecule has 3 N–H and O–H groups in total. The predicted molar refractivity (Wildman–Crippen MR) is 112 cm³/mol. The van der Waals surface area contributed by atoms with Gasteiger partial charge >= 0.3 is 0 Å². The molecule has 8 heteroatoms. The molecule has 7 nitrogen and oxygen atoms in total. The van der Waals surface area contributed by atoms with Crippen LogP contribution in [0.15, 0.2) is 11.8 Å². The SMILES string of the molecule is CC1(C(=O)NC23CCC(O)(CC2)CC3)CC=C(NCC(=O)N2C[C@@H](F)C[C@H]2C#N)CC1. The average Bonchev–Trinajstić information content (AvgIpc) is 3.15. The first-order valence-electron chi connectivity index (χ1n) is 11.5. The monoisotopic (exact) mass is 432 g/mol. The summed E-state index contributed by atoms with van der Waals surface area (Å²) in [5.41, 5.74) is -0.255. The largest absolute Gasteiger partial charge is 0.390 e. The summed E-state index contributed by atoms with van der Waals surface area (Å²) in [4.78, 5) is 26.8. The first-order valence-corrected chi connectivity index (χ1v) is 11.5. The van der Waals surface area contributed by atoms with Gasteiger partial charge in [0.05, 0.1) is 30.2 Å². The van der Waals surface area contributed by atoms with Crippen molar-refractivity contribution in [3.05, 3.63) is 11.8 Å². The molecule has 1 saturated heterocycles. The fourth-order valence-electron chi connectivity index (χ4n) is 5.55. The van der Waals surface area contributed by atoms with E-state index < -0.39 is 23.2 Å². The Bertz CT molecular complexity index is 798. The van der Waals surface area contributed by atoms with Gasteiger partial charge in [0.15, 0.2) is 0 Å². The summed E-state index contributed by atoms with van der Waals surface area (Å²) in [5, 5.41) is 26.0. The number of halogens is 1. The molecule has 3 atom stereocenters. The van der Waals surface area contributed by atoms with E-state index in [1.165, 1.54) is 4.90 Å². The number of hydrogen-bond acceptors (Lipinski definition) is 5. The van der Waals surface area contributed by atoms with Gasteiger partial charge in [-0.2, -0.15) is 5.26 Å². The second kappa shape index (κ2) is 8.09. The van der Waals surface area contributed by atoms with E-state index in [-0.39, 0.29) is 36.9 Å². The molecule has 0 aromatic carbocycles. The van der Waals surface area contributed by atoms with Crippen molar-refractivity contribution in [2.75, 3.05) is 13.1 Å². The molecule has 1 aliphatic heterocycles. The Kier molecular flexibility index (Phi) is 5.76. The van der Waals surface area contributed by atoms with Crippen LogP contribution < -0.4 is 10.6 Å². The number of fused-ring (bicyclic) bond motifs is 3. The van der Waals surface area contributed by atoms with Crippen molar-refractivity contribution in [1.29, 1.82) is 5.26 Å². The summed E-state index contributed by atoms with van der Waals surface area (Å²) in [6.07, 6.45) is 7.69. The van der Waals surface area contributed by atoms with Crippen LogP contribution in [0.5, 0.6) is 0 Å². The standard InChI is InChI=1S/C23H33FN4O3/c1-21(20(30)27-22-6-9-23(31,10-7-22)11-8-22)4-2-17(3-5-21)26-14-19(29)28-15-16(24)12-18(28)13-25/h2,16,18,26,31H,3-12,14-15H2,1H3,(H,27,30)/t16-,18-,21?,22?,23?/m0/s1. The topological polar surface area (TPSA) is 105 Å². The highest BCUT2D eigenvalue weighted by atomic mass is 19.1. The zero-order chi connectivity index (χ0) is 22.3. The number of nitrogens with one attached hydrogen (secondary N) is 2. The van der Waals surface area contributed by atoms with Gasteiger partial charge in [-0.05, 0) is 57.8 Å². The maximum Gasteiger partial charge on any atom is 0.243 e. The Morgan fingerprint density at radius 3 is 2.52 bits per heavy atom. The minimum atomic E-state index is -1.14. The van der Waals surface area contributed by atoms with Crippen LogP contribution in [0.25, 0.3) is 0 Å². The molecule has 5 rings (SSSR count). The van der Waals surface area contributed by atoms with E-state index in [1.54, 1.807) is 0 Å². The van der Waals surface area contributed by atoms with Crippen molar-refractivity contribution in [3.63, 3.8) is 0 Å². The first-order chi connectivity index (χ1) is 14.7. The van der Waals surface area contributed by atoms with E-state index >= 15 is 0 Å². The van der Waals surface area contributed by atoms with Crippen LogP contribution in [0.2, 0.25) is 0 Å². The van der Waals surface area contributed by atoms with Crippen LogP contribution >= 0.6 is 0 Å². The molecular formula is C23H33FN4O3. The molecule has 170 valence electrons. The lowest BCUT2D eigenvalue weighted by atomic mass is 9.63. The molecule has 0 radical (unpaired) electrons. The van der Waals surface area contributed by atoms with Crippen LogP contribution in [-0.4, -0.2) is 58.3 Å². The Labute approximate surface area is 183 Å². The molecule has 31 heavy (non-hydrogen) atoms. The van der Waals surface area contributed by atoms with Gasteiger partial charge in [-0.15, -0.1) is 0 Å². The number of amides is 2. The molecule has 1 heterocycles. The van der Waals surface area contributed by atoms with E-state index in [0.29, 0.717) is 19.3 Å². The third kappa shape index (κ3) is 4.43. The van der Waals surface area contributed by atoms with Crippen LogP contribution in [0.3, 0.4) is 0 Å². The predicted octanol–water partition coefficient (Wildman–Crippen LogP) is 2.07. The number of carbonyl (C=O) groups is 2. The summed E-state index contributed by atoms with van der Waals surface area (Å²) in [6, 6.07) is 1.31. The summed E-state index contributed by atoms with van der Waals surface area (Å²) < 4.78 is 13.5. The molecule has 4 aliphatic carbocycles. The molecule has 5 aliphatic rings. The van der Waals surface area contributed by atoms with E-state index in [9.17, 15) is 19.1 Å². The number of nitriles is 1. The lowest BCUT2D eigenvalue weighted by Crippen LogP contribution is -2.60. The molecule has 0 spiro atoms. The van der Waals surface area contributed by atoms with Crippen LogP contribution in [0.1, 0.15) is 71.1 Å². The smallest absolute Gasteiger partial charge is 0.243 e. The van der Waals surface area contributed by atoms with Gasteiger partial charge < -0.3 is 20.6 Å². The second-order valence-electron chi connectivity index (χ2n) is 10.3. The highest BCUT2D eigenvalue weighted by molar-refractivity contribution is 5.83. The third-order valence-corrected chi connectivity index (χ3v) is 8.06. The van der Waals surface area contributed by atoms with Crippen molar-refractivity contribution in [1.82, 2.24) is 15.5 Å². The Hall–Kier alpha value is -2.14. The van der Waals surface area contributed by atoms with Crippen molar-refractivity contribution in [2.45, 2.75) is 94.5 Å². The van der Waals surface area contributed by atoms with E-state index in [2.05, 4.69) is 10.6 Å². The maximum atomic E-state index is 13.5. The minimum absolute atomic E-state index is 0.0187. The number of aliphatic hydroxyl groups is 1. The number of allylic oxidation sites excluding steroid dienone is 2. The first kappa shape index (κ1) is 22.1. The fourth-order valence-corrected chi connectivity index (χ4v) is 5.55. The Balaban J connectivity index is 1.28. The van der Waals surface area contributed by atoms with Gasteiger partial charge in [-0.25, -0.2) is 4.39 Å². The van der Waals surface area contributed by atoms with Gasteiger partial charge in [0.25, 0.3) is 0 Å². The van der Waals surface area contributed by atoms with Crippen LogP contribution in [-0.2, 0) is 9.59 Å². The number of hydrogen-bond donors (Lipinski definition) is 3. The van der Waals surface area contributed by atoms with E-state index in [0.717, 1.165) is 44.2 Å². The second-order valence-corrected chi connectivity index (χ2v) is 10.3. The minimum Gasteiger partial charge on any atom is -0.390 e. The third-order valence-electron chi connectivity index (χ3n) is 8.06. The molecule has 0 aromatic heterocycles. The van der Waals surface area contributed by atoms with Gasteiger partial charge in [-0.1, -0.05) is 13.0 Å². The summed E-state index contributed by atoms with van der Waals surface area (Å²) in [7, 11) is 0. The Morgan fingerprint density at radius 1 is 1.26 bits per heavy atom. The number of alkyl halides is 1. The summed E-state index contributed by atoms with van der Waals surface area (Å²) in [5.74, 6) is -0.193. The van der Waals surface area contributed by atoms with Crippen LogP contribution in [0.4, 0.5) is 4.39 Å². The molecule has 1 unspecified atom stereocenters. The highest BCUT2D eigenvalue weighted by Gasteiger charge is 2.50. The zero-order valence-electron chi connectivity index (χ0n) is 18.3. The van der Waals surface area contributed by atoms with E-state index in [4.69, 9.17) is 5.26 Å².